The fourth-order valence-corrected chi connectivity index (χ4v) is 2.39. The number of fused-ring (bicyclic) bond motifs is 1. The third-order valence-electron chi connectivity index (χ3n) is 3.42. The molecule has 2 aromatic rings. The second-order valence-corrected chi connectivity index (χ2v) is 4.64. The first-order valence-electron chi connectivity index (χ1n) is 6.45. The Hall–Kier alpha value is -2.70. The molecule has 1 heterocycles. The number of hydrogen-bond donors (Lipinski definition) is 1. The summed E-state index contributed by atoms with van der Waals surface area (Å²) in [5, 5.41) is 21.1. The normalized spacial score (nSPS) is 12.1. The highest BCUT2D eigenvalue weighted by atomic mass is 16.6. The highest BCUT2D eigenvalue weighted by Gasteiger charge is 2.28. The van der Waals surface area contributed by atoms with Crippen LogP contribution in [-0.2, 0) is 4.79 Å². The number of nitro groups is 1. The van der Waals surface area contributed by atoms with Gasteiger partial charge in [0.05, 0.1) is 10.4 Å². The number of hydrogen-bond acceptors (Lipinski definition) is 5. The summed E-state index contributed by atoms with van der Waals surface area (Å²) in [5.41, 5.74) is 0.668. The van der Waals surface area contributed by atoms with Crippen LogP contribution in [0.15, 0.2) is 30.5 Å². The monoisotopic (exact) mass is 289 g/mol. The Morgan fingerprint density at radius 3 is 2.71 bits per heavy atom. The van der Waals surface area contributed by atoms with E-state index in [1.54, 1.807) is 38.2 Å². The smallest absolute Gasteiger partial charge is 0.326 e. The Morgan fingerprint density at radius 2 is 2.14 bits per heavy atom. The summed E-state index contributed by atoms with van der Waals surface area (Å²) >= 11 is 0. The van der Waals surface area contributed by atoms with Gasteiger partial charge in [-0.25, -0.2) is 9.78 Å². The van der Waals surface area contributed by atoms with Crippen LogP contribution < -0.4 is 4.90 Å². The van der Waals surface area contributed by atoms with E-state index >= 15 is 0 Å². The van der Waals surface area contributed by atoms with Crippen LogP contribution in [-0.4, -0.2) is 34.1 Å². The number of rotatable bonds is 5. The Bertz CT molecular complexity index is 702. The van der Waals surface area contributed by atoms with Crippen LogP contribution in [0.2, 0.25) is 0 Å². The lowest BCUT2D eigenvalue weighted by Crippen LogP contribution is -2.38. The lowest BCUT2D eigenvalue weighted by Gasteiger charge is -2.26. The molecule has 1 unspecified atom stereocenters. The summed E-state index contributed by atoms with van der Waals surface area (Å²) in [5.74, 6) is -1.02. The number of pyridine rings is 1. The molecule has 0 aliphatic carbocycles. The molecule has 0 amide bonds. The molecule has 0 saturated carbocycles. The van der Waals surface area contributed by atoms with Gasteiger partial charge in [-0.05, 0) is 12.5 Å². The van der Waals surface area contributed by atoms with Crippen LogP contribution in [0.4, 0.5) is 11.4 Å². The van der Waals surface area contributed by atoms with Crippen molar-refractivity contribution in [2.45, 2.75) is 19.4 Å². The summed E-state index contributed by atoms with van der Waals surface area (Å²) in [6.07, 6.45) is 1.50. The van der Waals surface area contributed by atoms with Gasteiger partial charge in [0, 0.05) is 12.4 Å². The van der Waals surface area contributed by atoms with Crippen LogP contribution in [0, 0.1) is 10.1 Å². The van der Waals surface area contributed by atoms with Gasteiger partial charge in [-0.2, -0.15) is 0 Å². The third kappa shape index (κ3) is 2.62. The Balaban J connectivity index is 2.72. The van der Waals surface area contributed by atoms with Gasteiger partial charge in [0.1, 0.15) is 17.9 Å². The van der Waals surface area contributed by atoms with Crippen molar-refractivity contribution >= 4 is 28.2 Å². The Labute approximate surface area is 121 Å². The highest BCUT2D eigenvalue weighted by Crippen LogP contribution is 2.35. The molecule has 1 atom stereocenters. The Morgan fingerprint density at radius 1 is 1.48 bits per heavy atom. The van der Waals surface area contributed by atoms with Gasteiger partial charge in [0.25, 0.3) is 0 Å². The molecule has 7 nitrogen and oxygen atoms in total. The minimum Gasteiger partial charge on any atom is -0.480 e. The third-order valence-corrected chi connectivity index (χ3v) is 3.42. The molecule has 0 aliphatic heterocycles. The van der Waals surface area contributed by atoms with Crippen LogP contribution in [0.25, 0.3) is 10.9 Å². The van der Waals surface area contributed by atoms with Crippen molar-refractivity contribution in [3.63, 3.8) is 0 Å². The van der Waals surface area contributed by atoms with Crippen molar-refractivity contribution in [1.29, 1.82) is 0 Å². The fraction of sp³-hybridized carbons (Fsp3) is 0.286. The zero-order chi connectivity index (χ0) is 15.6. The van der Waals surface area contributed by atoms with E-state index in [-0.39, 0.29) is 11.4 Å². The summed E-state index contributed by atoms with van der Waals surface area (Å²) in [6.45, 7) is 1.73. The van der Waals surface area contributed by atoms with Gasteiger partial charge >= 0.3 is 11.7 Å². The van der Waals surface area contributed by atoms with Gasteiger partial charge in [-0.15, -0.1) is 0 Å². The van der Waals surface area contributed by atoms with Crippen molar-refractivity contribution in [3.05, 3.63) is 40.6 Å². The molecule has 0 spiro atoms. The second-order valence-electron chi connectivity index (χ2n) is 4.64. The lowest BCUT2D eigenvalue weighted by molar-refractivity contribution is -0.384. The predicted octanol–water partition coefficient (Wildman–Crippen LogP) is 2.44. The average molecular weight is 289 g/mol. The maximum atomic E-state index is 11.3. The molecule has 21 heavy (non-hydrogen) atoms. The largest absolute Gasteiger partial charge is 0.480 e. The van der Waals surface area contributed by atoms with Crippen molar-refractivity contribution < 1.29 is 14.8 Å². The summed E-state index contributed by atoms with van der Waals surface area (Å²) in [7, 11) is 1.55. The maximum Gasteiger partial charge on any atom is 0.326 e. The van der Waals surface area contributed by atoms with E-state index in [1.165, 1.54) is 11.1 Å². The molecule has 0 radical (unpaired) electrons. The molecule has 2 rings (SSSR count). The minimum absolute atomic E-state index is 0.198. The van der Waals surface area contributed by atoms with E-state index in [1.807, 2.05) is 0 Å². The molecule has 0 bridgehead atoms. The number of anilines is 1. The molecule has 7 heteroatoms. The number of carbonyl (C=O) groups is 1. The van der Waals surface area contributed by atoms with E-state index in [2.05, 4.69) is 4.98 Å². The zero-order valence-corrected chi connectivity index (χ0v) is 11.7. The number of carboxylic acids is 1. The predicted molar refractivity (Wildman–Crippen MR) is 78.5 cm³/mol. The summed E-state index contributed by atoms with van der Waals surface area (Å²) < 4.78 is 0. The molecule has 110 valence electrons. The van der Waals surface area contributed by atoms with Crippen LogP contribution >= 0.6 is 0 Å². The Kier molecular flexibility index (Phi) is 4.02. The number of benzene rings is 1. The topological polar surface area (TPSA) is 96.6 Å². The molecule has 0 saturated heterocycles. The van der Waals surface area contributed by atoms with Crippen molar-refractivity contribution in [3.8, 4) is 0 Å². The number of aromatic nitrogens is 1. The average Bonchev–Trinajstić information content (AvgIpc) is 2.46. The molecule has 1 N–H and O–H groups in total. The van der Waals surface area contributed by atoms with Crippen LogP contribution in [0.5, 0.6) is 0 Å². The molecular weight excluding hydrogens is 274 g/mol. The molecule has 1 aromatic carbocycles. The number of para-hydroxylation sites is 1. The van der Waals surface area contributed by atoms with E-state index in [4.69, 9.17) is 0 Å². The van der Waals surface area contributed by atoms with Crippen molar-refractivity contribution in [2.75, 3.05) is 11.9 Å². The lowest BCUT2D eigenvalue weighted by atomic mass is 10.1. The number of aliphatic carboxylic acids is 1. The number of likely N-dealkylation sites (N-methyl/N-ethyl adjacent to an activating group) is 1. The highest BCUT2D eigenvalue weighted by molar-refractivity contribution is 5.97. The quantitative estimate of drug-likeness (QED) is 0.670. The van der Waals surface area contributed by atoms with E-state index in [9.17, 15) is 20.0 Å². The van der Waals surface area contributed by atoms with Gasteiger partial charge in [-0.1, -0.05) is 25.1 Å². The SMILES string of the molecule is CCC(C(=O)O)N(C)c1c([N+](=O)[O-])cnc2ccccc12. The van der Waals surface area contributed by atoms with E-state index < -0.39 is 16.9 Å². The molecule has 0 fully saturated rings. The first-order valence-corrected chi connectivity index (χ1v) is 6.45. The second kappa shape index (κ2) is 5.74. The number of nitrogens with zero attached hydrogens (tertiary/aromatic N) is 3. The van der Waals surface area contributed by atoms with Gasteiger partial charge in [0.2, 0.25) is 0 Å². The van der Waals surface area contributed by atoms with Crippen molar-refractivity contribution in [2.24, 2.45) is 0 Å². The van der Waals surface area contributed by atoms with Crippen molar-refractivity contribution in [1.82, 2.24) is 4.98 Å². The van der Waals surface area contributed by atoms with Crippen LogP contribution in [0.1, 0.15) is 13.3 Å². The zero-order valence-electron chi connectivity index (χ0n) is 11.7. The van der Waals surface area contributed by atoms with Gasteiger partial charge in [0.15, 0.2) is 0 Å². The standard InChI is InChI=1S/C14H15N3O4/c1-3-11(14(18)19)16(2)13-9-6-4-5-7-10(9)15-8-12(13)17(20)21/h4-8,11H,3H2,1-2H3,(H,18,19). The fourth-order valence-electron chi connectivity index (χ4n) is 2.39. The number of carboxylic acid groups (broad SMARTS) is 1. The summed E-state index contributed by atoms with van der Waals surface area (Å²) in [6, 6.07) is 6.12. The maximum absolute atomic E-state index is 11.3. The van der Waals surface area contributed by atoms with Gasteiger partial charge < -0.3 is 10.0 Å². The molecule has 0 aliphatic rings. The summed E-state index contributed by atoms with van der Waals surface area (Å²) in [4.78, 5) is 27.5. The first kappa shape index (κ1) is 14.7. The minimum atomic E-state index is -1.02. The molecular formula is C14H15N3O4. The van der Waals surface area contributed by atoms with Gasteiger partial charge in [-0.3, -0.25) is 10.1 Å². The first-order chi connectivity index (χ1) is 9.97. The van der Waals surface area contributed by atoms with E-state index in [0.717, 1.165) is 0 Å². The van der Waals surface area contributed by atoms with Crippen LogP contribution in [0.3, 0.4) is 0 Å². The molecule has 1 aromatic heterocycles. The van der Waals surface area contributed by atoms with E-state index in [0.29, 0.717) is 17.3 Å².